The Kier molecular flexibility index (Phi) is 5.43. The molecule has 1 aromatic carbocycles. The third kappa shape index (κ3) is 3.73. The van der Waals surface area contributed by atoms with E-state index in [-0.39, 0.29) is 18.6 Å². The highest BCUT2D eigenvalue weighted by molar-refractivity contribution is 9.10. The van der Waals surface area contributed by atoms with Gasteiger partial charge in [-0.25, -0.2) is 0 Å². The van der Waals surface area contributed by atoms with Crippen molar-refractivity contribution in [2.24, 2.45) is 0 Å². The summed E-state index contributed by atoms with van der Waals surface area (Å²) in [5, 5.41) is 9.12. The van der Waals surface area contributed by atoms with Gasteiger partial charge < -0.3 is 14.7 Å². The molecule has 1 aliphatic rings. The highest BCUT2D eigenvalue weighted by Gasteiger charge is 2.31. The highest BCUT2D eigenvalue weighted by atomic mass is 79.9. The molecular weight excluding hydrogens is 322 g/mol. The summed E-state index contributed by atoms with van der Waals surface area (Å²) >= 11 is 3.36. The number of hydrogen-bond acceptors (Lipinski definition) is 3. The first-order valence-corrected chi connectivity index (χ1v) is 7.74. The van der Waals surface area contributed by atoms with Gasteiger partial charge in [0.2, 0.25) is 0 Å². The molecule has 1 atom stereocenters. The van der Waals surface area contributed by atoms with E-state index in [1.807, 2.05) is 24.3 Å². The Morgan fingerprint density at radius 1 is 1.45 bits per heavy atom. The molecule has 0 spiro atoms. The summed E-state index contributed by atoms with van der Waals surface area (Å²) in [6, 6.07) is 7.68. The van der Waals surface area contributed by atoms with Crippen molar-refractivity contribution in [3.8, 4) is 5.75 Å². The number of carbonyl (C=O) groups is 1. The van der Waals surface area contributed by atoms with E-state index in [1.54, 1.807) is 11.8 Å². The lowest BCUT2D eigenvalue weighted by molar-refractivity contribution is -0.142. The second-order valence-corrected chi connectivity index (χ2v) is 5.97. The van der Waals surface area contributed by atoms with Crippen LogP contribution in [0.4, 0.5) is 0 Å². The normalized spacial score (nSPS) is 16.4. The predicted octanol–water partition coefficient (Wildman–Crippen LogP) is 2.59. The Labute approximate surface area is 127 Å². The summed E-state index contributed by atoms with van der Waals surface area (Å²) in [4.78, 5) is 14.2. The number of aliphatic hydroxyl groups excluding tert-OH is 1. The van der Waals surface area contributed by atoms with Crippen LogP contribution in [0.25, 0.3) is 0 Å². The summed E-state index contributed by atoms with van der Waals surface area (Å²) < 4.78 is 6.66. The van der Waals surface area contributed by atoms with Crippen molar-refractivity contribution >= 4 is 21.8 Å². The van der Waals surface area contributed by atoms with Crippen LogP contribution in [-0.4, -0.2) is 41.2 Å². The van der Waals surface area contributed by atoms with Gasteiger partial charge in [0.1, 0.15) is 5.75 Å². The maximum absolute atomic E-state index is 12.4. The van der Waals surface area contributed by atoms with Crippen molar-refractivity contribution in [2.45, 2.75) is 38.3 Å². The number of aliphatic hydroxyl groups is 1. The molecule has 5 heteroatoms. The summed E-state index contributed by atoms with van der Waals surface area (Å²) in [7, 11) is 0. The second kappa shape index (κ2) is 7.09. The monoisotopic (exact) mass is 341 g/mol. The molecule has 0 aliphatic heterocycles. The zero-order valence-corrected chi connectivity index (χ0v) is 13.2. The molecule has 1 amide bonds. The van der Waals surface area contributed by atoms with Gasteiger partial charge in [-0.2, -0.15) is 0 Å². The minimum atomic E-state index is -0.539. The van der Waals surface area contributed by atoms with Crippen molar-refractivity contribution in [2.75, 3.05) is 13.2 Å². The Balaban J connectivity index is 1.97. The maximum Gasteiger partial charge on any atom is 0.263 e. The average Bonchev–Trinajstić information content (AvgIpc) is 2.38. The zero-order valence-electron chi connectivity index (χ0n) is 11.6. The summed E-state index contributed by atoms with van der Waals surface area (Å²) in [6.07, 6.45) is 2.67. The Morgan fingerprint density at radius 3 is 2.60 bits per heavy atom. The fourth-order valence-corrected chi connectivity index (χ4v) is 2.54. The van der Waals surface area contributed by atoms with Crippen LogP contribution in [0.5, 0.6) is 5.75 Å². The van der Waals surface area contributed by atoms with Crippen LogP contribution < -0.4 is 4.74 Å². The Morgan fingerprint density at radius 2 is 2.10 bits per heavy atom. The van der Waals surface area contributed by atoms with Crippen LogP contribution in [0.1, 0.15) is 26.2 Å². The fraction of sp³-hybridized carbons (Fsp3) is 0.533. The van der Waals surface area contributed by atoms with Crippen molar-refractivity contribution in [1.29, 1.82) is 0 Å². The van der Waals surface area contributed by atoms with Crippen LogP contribution in [-0.2, 0) is 4.79 Å². The van der Waals surface area contributed by atoms with E-state index in [0.29, 0.717) is 12.3 Å². The fourth-order valence-electron chi connectivity index (χ4n) is 2.28. The minimum absolute atomic E-state index is 0.00670. The van der Waals surface area contributed by atoms with Crippen LogP contribution in [0.15, 0.2) is 28.7 Å². The van der Waals surface area contributed by atoms with Crippen LogP contribution in [0.2, 0.25) is 0 Å². The lowest BCUT2D eigenvalue weighted by Crippen LogP contribution is -2.50. The van der Waals surface area contributed by atoms with Crippen molar-refractivity contribution < 1.29 is 14.6 Å². The minimum Gasteiger partial charge on any atom is -0.481 e. The van der Waals surface area contributed by atoms with E-state index in [4.69, 9.17) is 9.84 Å². The first-order valence-electron chi connectivity index (χ1n) is 6.95. The molecular formula is C15H20BrNO3. The number of nitrogens with zero attached hydrogens (tertiary/aromatic N) is 1. The first-order chi connectivity index (χ1) is 9.61. The molecule has 0 saturated heterocycles. The molecule has 20 heavy (non-hydrogen) atoms. The lowest BCUT2D eigenvalue weighted by atomic mass is 9.91. The highest BCUT2D eigenvalue weighted by Crippen LogP contribution is 2.26. The molecule has 0 bridgehead atoms. The first kappa shape index (κ1) is 15.3. The number of ether oxygens (including phenoxy) is 1. The van der Waals surface area contributed by atoms with E-state index in [2.05, 4.69) is 15.9 Å². The molecule has 2 rings (SSSR count). The van der Waals surface area contributed by atoms with Crippen molar-refractivity contribution in [1.82, 2.24) is 4.90 Å². The van der Waals surface area contributed by atoms with E-state index in [0.717, 1.165) is 23.7 Å². The number of carbonyl (C=O) groups excluding carboxylic acids is 1. The van der Waals surface area contributed by atoms with Crippen molar-refractivity contribution in [3.05, 3.63) is 28.7 Å². The smallest absolute Gasteiger partial charge is 0.263 e. The molecule has 110 valence electrons. The molecule has 0 radical (unpaired) electrons. The van der Waals surface area contributed by atoms with Crippen molar-refractivity contribution in [3.63, 3.8) is 0 Å². The summed E-state index contributed by atoms with van der Waals surface area (Å²) in [5.41, 5.74) is 0. The number of halogens is 1. The van der Waals surface area contributed by atoms with Crippen LogP contribution in [0, 0.1) is 0 Å². The van der Waals surface area contributed by atoms with E-state index >= 15 is 0 Å². The molecule has 4 nitrogen and oxygen atoms in total. The van der Waals surface area contributed by atoms with E-state index in [1.165, 1.54) is 0 Å². The molecule has 0 heterocycles. The lowest BCUT2D eigenvalue weighted by Gasteiger charge is -2.38. The van der Waals surface area contributed by atoms with Gasteiger partial charge in [-0.3, -0.25) is 4.79 Å². The summed E-state index contributed by atoms with van der Waals surface area (Å²) in [6.45, 7) is 2.14. The summed E-state index contributed by atoms with van der Waals surface area (Å²) in [5.74, 6) is 0.623. The predicted molar refractivity (Wildman–Crippen MR) is 80.7 cm³/mol. The maximum atomic E-state index is 12.4. The average molecular weight is 342 g/mol. The van der Waals surface area contributed by atoms with E-state index in [9.17, 15) is 4.79 Å². The Bertz CT molecular complexity index is 445. The molecule has 1 fully saturated rings. The van der Waals surface area contributed by atoms with Gasteiger partial charge >= 0.3 is 0 Å². The number of benzene rings is 1. The van der Waals surface area contributed by atoms with Crippen LogP contribution >= 0.6 is 15.9 Å². The number of hydrogen-bond donors (Lipinski definition) is 1. The van der Waals surface area contributed by atoms with Gasteiger partial charge in [0.05, 0.1) is 6.61 Å². The van der Waals surface area contributed by atoms with Gasteiger partial charge in [0, 0.05) is 17.1 Å². The largest absolute Gasteiger partial charge is 0.481 e. The molecule has 1 N–H and O–H groups in total. The van der Waals surface area contributed by atoms with Crippen LogP contribution in [0.3, 0.4) is 0 Å². The van der Waals surface area contributed by atoms with Gasteiger partial charge in [-0.05, 0) is 50.5 Å². The number of rotatable bonds is 6. The van der Waals surface area contributed by atoms with Gasteiger partial charge in [-0.15, -0.1) is 0 Å². The second-order valence-electron chi connectivity index (χ2n) is 5.05. The topological polar surface area (TPSA) is 49.8 Å². The van der Waals surface area contributed by atoms with Gasteiger partial charge in [-0.1, -0.05) is 15.9 Å². The molecule has 1 saturated carbocycles. The quantitative estimate of drug-likeness (QED) is 0.865. The third-order valence-corrected chi connectivity index (χ3v) is 4.14. The van der Waals surface area contributed by atoms with E-state index < -0.39 is 6.10 Å². The molecule has 0 aromatic heterocycles. The standard InChI is InChI=1S/C15H20BrNO3/c1-11(20-14-7-5-12(16)6-8-14)15(19)17(9-10-18)13-3-2-4-13/h5-8,11,13,18H,2-4,9-10H2,1H3. The third-order valence-electron chi connectivity index (χ3n) is 3.61. The molecule has 1 aliphatic carbocycles. The molecule has 1 aromatic rings. The molecule has 1 unspecified atom stereocenters. The van der Waals surface area contributed by atoms with Gasteiger partial charge in [0.15, 0.2) is 6.10 Å². The SMILES string of the molecule is CC(Oc1ccc(Br)cc1)C(=O)N(CCO)C1CCC1. The zero-order chi connectivity index (χ0) is 14.5. The van der Waals surface area contributed by atoms with Gasteiger partial charge in [0.25, 0.3) is 5.91 Å². The Hall–Kier alpha value is -1.07. The number of amides is 1.